The quantitative estimate of drug-likeness (QED) is 0.136. The van der Waals surface area contributed by atoms with Gasteiger partial charge in [0.25, 0.3) is 5.89 Å². The van der Waals surface area contributed by atoms with E-state index in [4.69, 9.17) is 41.7 Å². The van der Waals surface area contributed by atoms with E-state index in [0.717, 1.165) is 24.2 Å². The first kappa shape index (κ1) is 28.7. The molecule has 2 N–H and O–H groups in total. The number of carbonyl (C=O) groups is 1. The Hall–Kier alpha value is -3.77. The zero-order valence-corrected chi connectivity index (χ0v) is 23.5. The number of aliphatic hydroxyl groups is 1. The van der Waals surface area contributed by atoms with Crippen LogP contribution in [0.15, 0.2) is 52.3 Å². The SMILES string of the molecule is C=CC(O)(CCCOCc1c(-c2c(Cl)cncc2Cl)noc1C1CC1)c1nc(-c2ccc(OC)c(C(=O)O)c2)no1. The van der Waals surface area contributed by atoms with Gasteiger partial charge in [-0.3, -0.25) is 4.98 Å². The van der Waals surface area contributed by atoms with Gasteiger partial charge in [0.05, 0.1) is 23.8 Å². The second-order valence-corrected chi connectivity index (χ2v) is 10.4. The highest BCUT2D eigenvalue weighted by molar-refractivity contribution is 6.38. The third kappa shape index (κ3) is 5.98. The van der Waals surface area contributed by atoms with Crippen molar-refractivity contribution in [2.24, 2.45) is 0 Å². The maximum absolute atomic E-state index is 11.6. The Labute approximate surface area is 244 Å². The minimum Gasteiger partial charge on any atom is -0.496 e. The van der Waals surface area contributed by atoms with Crippen molar-refractivity contribution in [3.05, 3.63) is 76.1 Å². The Kier molecular flexibility index (Phi) is 8.41. The van der Waals surface area contributed by atoms with E-state index in [-0.39, 0.29) is 48.6 Å². The molecule has 4 aromatic rings. The number of hydrogen-bond acceptors (Lipinski definition) is 10. The number of pyridine rings is 1. The fourth-order valence-electron chi connectivity index (χ4n) is 4.41. The number of benzene rings is 1. The first-order valence-corrected chi connectivity index (χ1v) is 13.5. The largest absolute Gasteiger partial charge is 0.496 e. The number of hydrogen-bond donors (Lipinski definition) is 2. The molecule has 13 heteroatoms. The van der Waals surface area contributed by atoms with Gasteiger partial charge < -0.3 is 28.7 Å². The van der Waals surface area contributed by atoms with E-state index in [1.54, 1.807) is 6.07 Å². The first-order chi connectivity index (χ1) is 19.8. The van der Waals surface area contributed by atoms with Gasteiger partial charge in [-0.05, 0) is 43.9 Å². The van der Waals surface area contributed by atoms with Gasteiger partial charge in [-0.25, -0.2) is 4.79 Å². The molecule has 0 bridgehead atoms. The molecule has 214 valence electrons. The van der Waals surface area contributed by atoms with Gasteiger partial charge in [0.2, 0.25) is 5.82 Å². The summed E-state index contributed by atoms with van der Waals surface area (Å²) in [5.74, 6) is 0.113. The lowest BCUT2D eigenvalue weighted by Gasteiger charge is -2.19. The minimum atomic E-state index is -1.63. The number of ether oxygens (including phenoxy) is 2. The van der Waals surface area contributed by atoms with Crippen LogP contribution in [0.2, 0.25) is 10.0 Å². The van der Waals surface area contributed by atoms with E-state index in [2.05, 4.69) is 26.9 Å². The van der Waals surface area contributed by atoms with E-state index in [1.807, 2.05) is 0 Å². The molecule has 0 radical (unpaired) electrons. The van der Waals surface area contributed by atoms with E-state index < -0.39 is 11.6 Å². The molecule has 1 unspecified atom stereocenters. The van der Waals surface area contributed by atoms with Gasteiger partial charge >= 0.3 is 5.97 Å². The number of aromatic nitrogens is 4. The molecule has 5 rings (SSSR count). The third-order valence-electron chi connectivity index (χ3n) is 6.77. The van der Waals surface area contributed by atoms with Gasteiger partial charge in [0.15, 0.2) is 5.60 Å². The molecule has 3 aromatic heterocycles. The fourth-order valence-corrected chi connectivity index (χ4v) is 4.95. The highest BCUT2D eigenvalue weighted by Gasteiger charge is 2.34. The van der Waals surface area contributed by atoms with E-state index in [0.29, 0.717) is 33.3 Å². The summed E-state index contributed by atoms with van der Waals surface area (Å²) in [5.41, 5.74) is 0.549. The molecule has 3 heterocycles. The fraction of sp³-hybridized carbons (Fsp3) is 0.321. The van der Waals surface area contributed by atoms with E-state index in [9.17, 15) is 15.0 Å². The highest BCUT2D eigenvalue weighted by atomic mass is 35.5. The zero-order valence-electron chi connectivity index (χ0n) is 22.0. The topological polar surface area (TPSA) is 154 Å². The molecule has 1 aliphatic rings. The Bertz CT molecular complexity index is 1560. The molecule has 0 spiro atoms. The van der Waals surface area contributed by atoms with Gasteiger partial charge in [-0.1, -0.05) is 46.2 Å². The molecule has 11 nitrogen and oxygen atoms in total. The second-order valence-electron chi connectivity index (χ2n) is 9.55. The van der Waals surface area contributed by atoms with Crippen molar-refractivity contribution >= 4 is 29.2 Å². The predicted octanol–water partition coefficient (Wildman–Crippen LogP) is 6.05. The molecule has 1 aliphatic carbocycles. The summed E-state index contributed by atoms with van der Waals surface area (Å²) in [6, 6.07) is 4.47. The summed E-state index contributed by atoms with van der Waals surface area (Å²) < 4.78 is 22.0. The Morgan fingerprint density at radius 2 is 1.98 bits per heavy atom. The molecular formula is C28H26Cl2N4O7. The third-order valence-corrected chi connectivity index (χ3v) is 7.35. The molecule has 0 aliphatic heterocycles. The van der Waals surface area contributed by atoms with Crippen molar-refractivity contribution in [3.63, 3.8) is 0 Å². The van der Waals surface area contributed by atoms with Crippen LogP contribution in [0.3, 0.4) is 0 Å². The summed E-state index contributed by atoms with van der Waals surface area (Å²) in [5, 5.41) is 29.5. The monoisotopic (exact) mass is 600 g/mol. The van der Waals surface area contributed by atoms with Crippen molar-refractivity contribution in [1.82, 2.24) is 20.3 Å². The van der Waals surface area contributed by atoms with Crippen molar-refractivity contribution in [3.8, 4) is 28.4 Å². The number of aromatic carboxylic acids is 1. The molecule has 0 amide bonds. The van der Waals surface area contributed by atoms with Crippen LogP contribution in [0.25, 0.3) is 22.6 Å². The number of rotatable bonds is 13. The van der Waals surface area contributed by atoms with Crippen molar-refractivity contribution in [1.29, 1.82) is 0 Å². The molecule has 1 fully saturated rings. The molecule has 1 aromatic carbocycles. The van der Waals surface area contributed by atoms with E-state index >= 15 is 0 Å². The average Bonchev–Trinajstić information content (AvgIpc) is 3.53. The molecule has 1 atom stereocenters. The molecule has 1 saturated carbocycles. The van der Waals surface area contributed by atoms with Gasteiger partial charge in [-0.2, -0.15) is 4.98 Å². The van der Waals surface area contributed by atoms with Crippen LogP contribution in [-0.4, -0.2) is 50.2 Å². The number of nitrogens with zero attached hydrogens (tertiary/aromatic N) is 4. The van der Waals surface area contributed by atoms with Crippen LogP contribution >= 0.6 is 23.2 Å². The van der Waals surface area contributed by atoms with Gasteiger partial charge in [-0.15, -0.1) is 0 Å². The number of methoxy groups -OCH3 is 1. The number of halogens is 2. The van der Waals surface area contributed by atoms with Gasteiger partial charge in [0, 0.05) is 41.6 Å². The predicted molar refractivity (Wildman–Crippen MR) is 148 cm³/mol. The Morgan fingerprint density at radius 3 is 2.63 bits per heavy atom. The van der Waals surface area contributed by atoms with Crippen LogP contribution in [0.4, 0.5) is 0 Å². The summed E-state index contributed by atoms with van der Waals surface area (Å²) in [6.07, 6.45) is 6.92. The van der Waals surface area contributed by atoms with Crippen LogP contribution in [0.1, 0.15) is 59.2 Å². The second kappa shape index (κ2) is 12.0. The maximum atomic E-state index is 11.6. The molecule has 41 heavy (non-hydrogen) atoms. The summed E-state index contributed by atoms with van der Waals surface area (Å²) in [7, 11) is 1.38. The molecule has 0 saturated heterocycles. The lowest BCUT2D eigenvalue weighted by Crippen LogP contribution is -2.23. The van der Waals surface area contributed by atoms with Crippen LogP contribution < -0.4 is 4.74 Å². The number of carboxylic acid groups (broad SMARTS) is 1. The van der Waals surface area contributed by atoms with Crippen LogP contribution in [0, 0.1) is 0 Å². The summed E-state index contributed by atoms with van der Waals surface area (Å²) in [6.45, 7) is 4.22. The smallest absolute Gasteiger partial charge is 0.339 e. The maximum Gasteiger partial charge on any atom is 0.339 e. The van der Waals surface area contributed by atoms with Crippen molar-refractivity contribution in [2.75, 3.05) is 13.7 Å². The Balaban J connectivity index is 1.25. The van der Waals surface area contributed by atoms with Crippen molar-refractivity contribution < 1.29 is 33.5 Å². The van der Waals surface area contributed by atoms with E-state index in [1.165, 1.54) is 37.7 Å². The lowest BCUT2D eigenvalue weighted by atomic mass is 9.98. The zero-order chi connectivity index (χ0) is 29.1. The Morgan fingerprint density at radius 1 is 1.22 bits per heavy atom. The average molecular weight is 601 g/mol. The van der Waals surface area contributed by atoms with Gasteiger partial charge in [0.1, 0.15) is 22.8 Å². The standard InChI is InChI=1S/C28H26Cl2N4O7/c1-3-28(37,27-32-25(34-41-27)16-7-8-21(38-2)17(11-16)26(35)36)9-4-10-39-14-18-23(33-40-24(18)15-5-6-15)22-19(29)12-31-13-20(22)30/h3,7-8,11-13,15,37H,1,4-6,9-10,14H2,2H3,(H,35,36). The minimum absolute atomic E-state index is 0.0539. The highest BCUT2D eigenvalue weighted by Crippen LogP contribution is 2.46. The van der Waals surface area contributed by atoms with Crippen LogP contribution in [0.5, 0.6) is 5.75 Å². The summed E-state index contributed by atoms with van der Waals surface area (Å²) in [4.78, 5) is 19.9. The normalized spacial score (nSPS) is 14.5. The van der Waals surface area contributed by atoms with Crippen molar-refractivity contribution in [2.45, 2.75) is 43.8 Å². The molecular weight excluding hydrogens is 575 g/mol. The summed E-state index contributed by atoms with van der Waals surface area (Å²) >= 11 is 12.7. The first-order valence-electron chi connectivity index (χ1n) is 12.7. The lowest BCUT2D eigenvalue weighted by molar-refractivity contribution is 0.0288. The van der Waals surface area contributed by atoms with Crippen LogP contribution in [-0.2, 0) is 16.9 Å². The number of carboxylic acids is 1.